The normalized spacial score (nSPS) is 12.8. The van der Waals surface area contributed by atoms with E-state index >= 15 is 0 Å². The van der Waals surface area contributed by atoms with Crippen molar-refractivity contribution < 1.29 is 18.0 Å². The number of pyridine rings is 2. The van der Waals surface area contributed by atoms with E-state index in [1.54, 1.807) is 47.5 Å². The van der Waals surface area contributed by atoms with Gasteiger partial charge in [-0.15, -0.1) is 0 Å². The van der Waals surface area contributed by atoms with Crippen LogP contribution in [0.25, 0.3) is 38.9 Å². The minimum Gasteiger partial charge on any atom is -0.343 e. The Labute approximate surface area is 208 Å². The molecular formula is C25H22F3N7O2. The standard InChI is InChI=1S/C25H22F3N7O2/c1-14-5-4-6-20-23(14)35(24(37)34(20)13-22(36)32-15(2)25(26,27)28)16-7-8-19(30-9-16)17-10-29-12-21-18(17)11-31-33(21)3/h4-12,15H,13H2,1-3H3,(H,32,36)/t15-/m0/s1. The van der Waals surface area contributed by atoms with E-state index in [4.69, 9.17) is 0 Å². The molecule has 190 valence electrons. The van der Waals surface area contributed by atoms with Crippen LogP contribution >= 0.6 is 0 Å². The maximum atomic E-state index is 13.5. The third kappa shape index (κ3) is 4.24. The second-order valence-electron chi connectivity index (χ2n) is 8.77. The molecule has 0 aliphatic heterocycles. The smallest absolute Gasteiger partial charge is 0.343 e. The highest BCUT2D eigenvalue weighted by atomic mass is 19.4. The Morgan fingerprint density at radius 2 is 1.86 bits per heavy atom. The van der Waals surface area contributed by atoms with Crippen LogP contribution < -0.4 is 11.0 Å². The Balaban J connectivity index is 1.56. The van der Waals surface area contributed by atoms with E-state index in [2.05, 4.69) is 15.1 Å². The average Bonchev–Trinajstić information content (AvgIpc) is 3.37. The van der Waals surface area contributed by atoms with E-state index in [1.807, 2.05) is 25.4 Å². The number of nitrogens with zero attached hydrogens (tertiary/aromatic N) is 6. The summed E-state index contributed by atoms with van der Waals surface area (Å²) in [4.78, 5) is 34.7. The van der Waals surface area contributed by atoms with Crippen molar-refractivity contribution in [2.75, 3.05) is 0 Å². The fourth-order valence-electron chi connectivity index (χ4n) is 4.32. The first-order valence-corrected chi connectivity index (χ1v) is 11.4. The van der Waals surface area contributed by atoms with Crippen molar-refractivity contribution in [3.05, 3.63) is 71.2 Å². The van der Waals surface area contributed by atoms with Crippen LogP contribution in [0.4, 0.5) is 13.2 Å². The third-order valence-corrected chi connectivity index (χ3v) is 6.28. The summed E-state index contributed by atoms with van der Waals surface area (Å²) in [5.41, 5.74) is 3.85. The predicted octanol–water partition coefficient (Wildman–Crippen LogP) is 3.51. The number of para-hydroxylation sites is 1. The van der Waals surface area contributed by atoms with Crippen molar-refractivity contribution in [2.24, 2.45) is 7.05 Å². The summed E-state index contributed by atoms with van der Waals surface area (Å²) >= 11 is 0. The fourth-order valence-corrected chi connectivity index (χ4v) is 4.32. The number of carbonyl (C=O) groups is 1. The molecule has 0 radical (unpaired) electrons. The number of hydrogen-bond donors (Lipinski definition) is 1. The van der Waals surface area contributed by atoms with Crippen LogP contribution in [0.5, 0.6) is 0 Å². The Morgan fingerprint density at radius 3 is 2.57 bits per heavy atom. The van der Waals surface area contributed by atoms with E-state index in [0.717, 1.165) is 33.5 Å². The van der Waals surface area contributed by atoms with Gasteiger partial charge in [-0.05, 0) is 37.6 Å². The van der Waals surface area contributed by atoms with Crippen molar-refractivity contribution in [3.8, 4) is 16.9 Å². The van der Waals surface area contributed by atoms with Gasteiger partial charge in [-0.2, -0.15) is 18.3 Å². The minimum atomic E-state index is -4.59. The molecule has 4 heterocycles. The van der Waals surface area contributed by atoms with Crippen LogP contribution in [-0.4, -0.2) is 47.0 Å². The van der Waals surface area contributed by atoms with Crippen LogP contribution in [0, 0.1) is 6.92 Å². The number of benzene rings is 1. The molecule has 1 amide bonds. The lowest BCUT2D eigenvalue weighted by Crippen LogP contribution is -2.45. The van der Waals surface area contributed by atoms with Crippen molar-refractivity contribution in [1.82, 2.24) is 34.2 Å². The third-order valence-electron chi connectivity index (χ3n) is 6.28. The van der Waals surface area contributed by atoms with E-state index in [1.165, 1.54) is 10.8 Å². The van der Waals surface area contributed by atoms with Gasteiger partial charge in [0, 0.05) is 24.2 Å². The molecule has 37 heavy (non-hydrogen) atoms. The zero-order chi connectivity index (χ0) is 26.5. The number of halogens is 3. The van der Waals surface area contributed by atoms with Crippen molar-refractivity contribution >= 4 is 27.8 Å². The van der Waals surface area contributed by atoms with Crippen LogP contribution in [0.3, 0.4) is 0 Å². The molecule has 9 nitrogen and oxygen atoms in total. The summed E-state index contributed by atoms with van der Waals surface area (Å²) in [7, 11) is 1.82. The molecule has 5 rings (SSSR count). The summed E-state index contributed by atoms with van der Waals surface area (Å²) in [5, 5.41) is 7.05. The number of hydrogen-bond acceptors (Lipinski definition) is 5. The lowest BCUT2D eigenvalue weighted by atomic mass is 10.1. The van der Waals surface area contributed by atoms with Crippen molar-refractivity contribution in [1.29, 1.82) is 0 Å². The van der Waals surface area contributed by atoms with Crippen LogP contribution in [0.2, 0.25) is 0 Å². The Kier molecular flexibility index (Phi) is 5.81. The lowest BCUT2D eigenvalue weighted by molar-refractivity contribution is -0.158. The van der Waals surface area contributed by atoms with Gasteiger partial charge < -0.3 is 5.32 Å². The molecule has 0 unspecified atom stereocenters. The van der Waals surface area contributed by atoms with Crippen molar-refractivity contribution in [3.63, 3.8) is 0 Å². The first-order valence-electron chi connectivity index (χ1n) is 11.4. The monoisotopic (exact) mass is 509 g/mol. The number of aryl methyl sites for hydroxylation is 2. The molecule has 12 heteroatoms. The van der Waals surface area contributed by atoms with Gasteiger partial charge in [0.05, 0.1) is 46.5 Å². The van der Waals surface area contributed by atoms with Crippen LogP contribution in [0.1, 0.15) is 12.5 Å². The second-order valence-corrected chi connectivity index (χ2v) is 8.77. The molecule has 1 aromatic carbocycles. The molecule has 0 aliphatic carbocycles. The number of carbonyl (C=O) groups excluding carboxylic acids is 1. The van der Waals surface area contributed by atoms with E-state index in [0.29, 0.717) is 22.4 Å². The fraction of sp³-hybridized carbons (Fsp3) is 0.240. The van der Waals surface area contributed by atoms with Gasteiger partial charge in [0.1, 0.15) is 12.6 Å². The lowest BCUT2D eigenvalue weighted by Gasteiger charge is -2.17. The molecule has 0 spiro atoms. The summed E-state index contributed by atoms with van der Waals surface area (Å²) in [6.07, 6.45) is 2.08. The first kappa shape index (κ1) is 24.2. The van der Waals surface area contributed by atoms with Crippen LogP contribution in [0.15, 0.2) is 59.9 Å². The van der Waals surface area contributed by atoms with Gasteiger partial charge >= 0.3 is 11.9 Å². The summed E-state index contributed by atoms with van der Waals surface area (Å²) in [5.74, 6) is -0.919. The van der Waals surface area contributed by atoms with E-state index in [-0.39, 0.29) is 0 Å². The second kappa shape index (κ2) is 8.87. The molecule has 0 bridgehead atoms. The Hall–Kier alpha value is -4.48. The van der Waals surface area contributed by atoms with Gasteiger partial charge in [-0.1, -0.05) is 12.1 Å². The van der Waals surface area contributed by atoms with E-state index in [9.17, 15) is 22.8 Å². The molecule has 0 aliphatic rings. The van der Waals surface area contributed by atoms with E-state index < -0.39 is 30.4 Å². The number of amides is 1. The maximum Gasteiger partial charge on any atom is 0.408 e. The van der Waals surface area contributed by atoms with Gasteiger partial charge in [-0.3, -0.25) is 28.6 Å². The molecule has 5 aromatic rings. The topological polar surface area (TPSA) is 99.6 Å². The zero-order valence-corrected chi connectivity index (χ0v) is 20.1. The quantitative estimate of drug-likeness (QED) is 0.391. The summed E-state index contributed by atoms with van der Waals surface area (Å²) in [6.45, 7) is 2.10. The van der Waals surface area contributed by atoms with Gasteiger partial charge in [0.2, 0.25) is 5.91 Å². The molecule has 0 saturated heterocycles. The molecule has 0 saturated carbocycles. The highest BCUT2D eigenvalue weighted by molar-refractivity contribution is 5.92. The number of nitrogens with one attached hydrogen (secondary N) is 1. The Morgan fingerprint density at radius 1 is 1.08 bits per heavy atom. The maximum absolute atomic E-state index is 13.5. The minimum absolute atomic E-state index is 0.424. The molecular weight excluding hydrogens is 487 g/mol. The van der Waals surface area contributed by atoms with Gasteiger partial charge in [-0.25, -0.2) is 4.79 Å². The number of imidazole rings is 1. The summed E-state index contributed by atoms with van der Waals surface area (Å²) in [6, 6.07) is 6.62. The molecule has 1 N–H and O–H groups in total. The number of rotatable bonds is 5. The zero-order valence-electron chi connectivity index (χ0n) is 20.1. The Bertz CT molecular complexity index is 1700. The number of alkyl halides is 3. The molecule has 1 atom stereocenters. The summed E-state index contributed by atoms with van der Waals surface area (Å²) < 4.78 is 43.0. The van der Waals surface area contributed by atoms with Crippen LogP contribution in [-0.2, 0) is 18.4 Å². The van der Waals surface area contributed by atoms with Crippen molar-refractivity contribution in [2.45, 2.75) is 32.6 Å². The van der Waals surface area contributed by atoms with Gasteiger partial charge in [0.15, 0.2) is 0 Å². The first-order chi connectivity index (χ1) is 17.6. The highest BCUT2D eigenvalue weighted by Gasteiger charge is 2.37. The average molecular weight is 509 g/mol. The van der Waals surface area contributed by atoms with Gasteiger partial charge in [0.25, 0.3) is 0 Å². The number of aromatic nitrogens is 6. The number of fused-ring (bicyclic) bond motifs is 2. The predicted molar refractivity (Wildman–Crippen MR) is 131 cm³/mol. The SMILES string of the molecule is Cc1cccc2c1n(-c1ccc(-c3cncc4c3cnn4C)nc1)c(=O)n2CC(=O)N[C@@H](C)C(F)(F)F. The highest BCUT2D eigenvalue weighted by Crippen LogP contribution is 2.27. The molecule has 4 aromatic heterocycles. The largest absolute Gasteiger partial charge is 0.408 e. The molecule has 0 fully saturated rings.